The van der Waals surface area contributed by atoms with Gasteiger partial charge in [-0.05, 0) is 5.56 Å². The molecule has 0 aliphatic rings. The first-order valence-corrected chi connectivity index (χ1v) is 5.52. The fourth-order valence-electron chi connectivity index (χ4n) is 1.39. The number of aromatic nitrogens is 2. The van der Waals surface area contributed by atoms with Gasteiger partial charge in [0.05, 0.1) is 6.54 Å². The molecule has 0 amide bonds. The summed E-state index contributed by atoms with van der Waals surface area (Å²) in [5, 5.41) is 3.43. The van der Waals surface area contributed by atoms with Gasteiger partial charge in [-0.15, -0.1) is 23.3 Å². The molecule has 4 nitrogen and oxygen atoms in total. The van der Waals surface area contributed by atoms with Crippen molar-refractivity contribution < 1.29 is 4.42 Å². The van der Waals surface area contributed by atoms with Crippen LogP contribution in [0.3, 0.4) is 0 Å². The lowest BCUT2D eigenvalue weighted by Gasteiger charge is -1.98. The highest BCUT2D eigenvalue weighted by molar-refractivity contribution is 6.21. The summed E-state index contributed by atoms with van der Waals surface area (Å²) in [6.07, 6.45) is 1.46. The standard InChI is InChI=1S/C12H11ClN2O2/c1-2-10(13)11-14-15(12(16)17-11)8-9-6-4-3-5-7-9/h2-7,10H,1,8H2. The molecule has 0 saturated heterocycles. The van der Waals surface area contributed by atoms with Crippen molar-refractivity contribution in [2.24, 2.45) is 0 Å². The zero-order valence-electron chi connectivity index (χ0n) is 9.04. The molecule has 1 aromatic heterocycles. The first-order valence-electron chi connectivity index (χ1n) is 5.09. The Balaban J connectivity index is 2.25. The maximum absolute atomic E-state index is 11.5. The van der Waals surface area contributed by atoms with Crippen LogP contribution in [0.1, 0.15) is 16.8 Å². The van der Waals surface area contributed by atoms with E-state index < -0.39 is 11.1 Å². The predicted octanol–water partition coefficient (Wildman–Crippen LogP) is 2.35. The summed E-state index contributed by atoms with van der Waals surface area (Å²) >= 11 is 5.85. The van der Waals surface area contributed by atoms with Crippen molar-refractivity contribution >= 4 is 11.6 Å². The Morgan fingerprint density at radius 2 is 2.18 bits per heavy atom. The zero-order valence-corrected chi connectivity index (χ0v) is 9.80. The Morgan fingerprint density at radius 1 is 1.47 bits per heavy atom. The van der Waals surface area contributed by atoms with Gasteiger partial charge in [0, 0.05) is 0 Å². The van der Waals surface area contributed by atoms with Crippen LogP contribution in [0, 0.1) is 0 Å². The molecule has 2 rings (SSSR count). The molecule has 1 atom stereocenters. The molecule has 0 spiro atoms. The molecule has 0 N–H and O–H groups in total. The average molecular weight is 251 g/mol. The van der Waals surface area contributed by atoms with Crippen LogP contribution < -0.4 is 5.76 Å². The van der Waals surface area contributed by atoms with Crippen LogP contribution in [-0.4, -0.2) is 9.78 Å². The largest absolute Gasteiger partial charge is 0.437 e. The predicted molar refractivity (Wildman–Crippen MR) is 65.1 cm³/mol. The fourth-order valence-corrected chi connectivity index (χ4v) is 1.48. The Hall–Kier alpha value is -1.81. The lowest BCUT2D eigenvalue weighted by atomic mass is 10.2. The van der Waals surface area contributed by atoms with Crippen molar-refractivity contribution in [1.29, 1.82) is 0 Å². The zero-order chi connectivity index (χ0) is 12.3. The van der Waals surface area contributed by atoms with Crippen LogP contribution in [0.15, 0.2) is 52.2 Å². The maximum Gasteiger partial charge on any atom is 0.437 e. The second kappa shape index (κ2) is 5.01. The number of benzene rings is 1. The molecular formula is C12H11ClN2O2. The van der Waals surface area contributed by atoms with Gasteiger partial charge in [0.1, 0.15) is 5.38 Å². The molecule has 0 aliphatic carbocycles. The van der Waals surface area contributed by atoms with Gasteiger partial charge in [0.25, 0.3) is 0 Å². The Morgan fingerprint density at radius 3 is 2.82 bits per heavy atom. The van der Waals surface area contributed by atoms with Gasteiger partial charge < -0.3 is 4.42 Å². The smallest absolute Gasteiger partial charge is 0.390 e. The van der Waals surface area contributed by atoms with Crippen LogP contribution in [-0.2, 0) is 6.54 Å². The number of hydrogen-bond donors (Lipinski definition) is 0. The first kappa shape index (κ1) is 11.7. The van der Waals surface area contributed by atoms with Crippen LogP contribution in [0.5, 0.6) is 0 Å². The maximum atomic E-state index is 11.5. The molecule has 0 bridgehead atoms. The first-order chi connectivity index (χ1) is 8.20. The quantitative estimate of drug-likeness (QED) is 0.618. The highest BCUT2D eigenvalue weighted by atomic mass is 35.5. The molecule has 1 heterocycles. The molecule has 1 aromatic carbocycles. The van der Waals surface area contributed by atoms with E-state index in [0.717, 1.165) is 5.56 Å². The van der Waals surface area contributed by atoms with Gasteiger partial charge >= 0.3 is 5.76 Å². The van der Waals surface area contributed by atoms with Crippen molar-refractivity contribution in [3.8, 4) is 0 Å². The summed E-state index contributed by atoms with van der Waals surface area (Å²) in [7, 11) is 0. The third-order valence-corrected chi connectivity index (χ3v) is 2.60. The monoisotopic (exact) mass is 250 g/mol. The fraction of sp³-hybridized carbons (Fsp3) is 0.167. The number of allylic oxidation sites excluding steroid dienone is 1. The third-order valence-electron chi connectivity index (χ3n) is 2.24. The second-order valence-corrected chi connectivity index (χ2v) is 3.96. The summed E-state index contributed by atoms with van der Waals surface area (Å²) in [6.45, 7) is 3.88. The number of halogens is 1. The van der Waals surface area contributed by atoms with Crippen molar-refractivity contribution in [3.63, 3.8) is 0 Å². The van der Waals surface area contributed by atoms with E-state index in [4.69, 9.17) is 16.0 Å². The van der Waals surface area contributed by atoms with E-state index in [0.29, 0.717) is 6.54 Å². The molecule has 0 aliphatic heterocycles. The highest BCUT2D eigenvalue weighted by Gasteiger charge is 2.14. The Bertz CT molecular complexity index is 559. The van der Waals surface area contributed by atoms with Gasteiger partial charge in [-0.3, -0.25) is 0 Å². The average Bonchev–Trinajstić information content (AvgIpc) is 2.71. The molecule has 2 aromatic rings. The van der Waals surface area contributed by atoms with Gasteiger partial charge in [0.2, 0.25) is 5.89 Å². The Labute approximate surface area is 103 Å². The molecule has 0 fully saturated rings. The second-order valence-electron chi connectivity index (χ2n) is 3.49. The van der Waals surface area contributed by atoms with Gasteiger partial charge in [-0.1, -0.05) is 36.4 Å². The minimum atomic E-state index is -0.584. The van der Waals surface area contributed by atoms with Gasteiger partial charge in [0.15, 0.2) is 0 Å². The topological polar surface area (TPSA) is 48.0 Å². The van der Waals surface area contributed by atoms with E-state index in [1.165, 1.54) is 10.8 Å². The van der Waals surface area contributed by atoms with Crippen molar-refractivity contribution in [1.82, 2.24) is 9.78 Å². The Kier molecular flexibility index (Phi) is 3.44. The molecule has 88 valence electrons. The number of hydrogen-bond acceptors (Lipinski definition) is 3. The molecule has 0 saturated carbocycles. The van der Waals surface area contributed by atoms with Crippen LogP contribution in [0.2, 0.25) is 0 Å². The van der Waals surface area contributed by atoms with E-state index in [1.807, 2.05) is 30.3 Å². The van der Waals surface area contributed by atoms with Crippen molar-refractivity contribution in [2.75, 3.05) is 0 Å². The molecule has 0 radical (unpaired) electrons. The van der Waals surface area contributed by atoms with E-state index >= 15 is 0 Å². The van der Waals surface area contributed by atoms with Crippen molar-refractivity contribution in [3.05, 3.63) is 65.0 Å². The summed E-state index contributed by atoms with van der Waals surface area (Å²) < 4.78 is 6.17. The summed E-state index contributed by atoms with van der Waals surface area (Å²) in [6, 6.07) is 9.52. The van der Waals surface area contributed by atoms with E-state index in [9.17, 15) is 4.79 Å². The SMILES string of the molecule is C=CC(Cl)c1nn(Cc2ccccc2)c(=O)o1. The molecule has 17 heavy (non-hydrogen) atoms. The summed E-state index contributed by atoms with van der Waals surface area (Å²) in [4.78, 5) is 11.5. The lowest BCUT2D eigenvalue weighted by molar-refractivity contribution is 0.456. The van der Waals surface area contributed by atoms with Gasteiger partial charge in [-0.2, -0.15) is 4.68 Å². The van der Waals surface area contributed by atoms with Gasteiger partial charge in [-0.25, -0.2) is 4.79 Å². The van der Waals surface area contributed by atoms with Crippen LogP contribution >= 0.6 is 11.6 Å². The van der Waals surface area contributed by atoms with Crippen molar-refractivity contribution in [2.45, 2.75) is 11.9 Å². The normalized spacial score (nSPS) is 12.3. The molecule has 5 heteroatoms. The summed E-state index contributed by atoms with van der Waals surface area (Å²) in [5.41, 5.74) is 0.971. The van der Waals surface area contributed by atoms with E-state index in [2.05, 4.69) is 11.7 Å². The minimum absolute atomic E-state index is 0.169. The number of alkyl halides is 1. The highest BCUT2D eigenvalue weighted by Crippen LogP contribution is 2.17. The van der Waals surface area contributed by atoms with Crippen LogP contribution in [0.25, 0.3) is 0 Å². The van der Waals surface area contributed by atoms with E-state index in [1.54, 1.807) is 0 Å². The summed E-state index contributed by atoms with van der Waals surface area (Å²) in [5.74, 6) is -0.348. The number of rotatable bonds is 4. The minimum Gasteiger partial charge on any atom is -0.390 e. The molecular weight excluding hydrogens is 240 g/mol. The number of nitrogens with zero attached hydrogens (tertiary/aromatic N) is 2. The lowest BCUT2D eigenvalue weighted by Crippen LogP contribution is -2.16. The molecule has 1 unspecified atom stereocenters. The van der Waals surface area contributed by atoms with E-state index in [-0.39, 0.29) is 5.89 Å². The van der Waals surface area contributed by atoms with Crippen LogP contribution in [0.4, 0.5) is 0 Å². The third kappa shape index (κ3) is 2.65.